The minimum Gasteiger partial charge on any atom is -0.462 e. The van der Waals surface area contributed by atoms with Crippen LogP contribution in [0.1, 0.15) is 85.5 Å². The number of hydrogen-bond acceptors (Lipinski definition) is 2. The summed E-state index contributed by atoms with van der Waals surface area (Å²) in [7, 11) is 0. The summed E-state index contributed by atoms with van der Waals surface area (Å²) in [5.41, 5.74) is 2.58. The SMILES string of the molecule is CC[C@H]1CC[C@H]2[C@@H]3CC=C4CC(OC(C)=O)CC[C@]4(C)[C@H]3CC[C@]12C. The molecule has 2 nitrogen and oxygen atoms in total. The Hall–Kier alpha value is -0.790. The zero-order valence-corrected chi connectivity index (χ0v) is 16.6. The molecule has 0 spiro atoms. The quantitative estimate of drug-likeness (QED) is 0.460. The van der Waals surface area contributed by atoms with Gasteiger partial charge in [0.25, 0.3) is 0 Å². The fourth-order valence-electron chi connectivity index (χ4n) is 7.74. The zero-order valence-electron chi connectivity index (χ0n) is 16.6. The van der Waals surface area contributed by atoms with Crippen molar-refractivity contribution in [1.82, 2.24) is 0 Å². The van der Waals surface area contributed by atoms with Crippen molar-refractivity contribution in [1.29, 1.82) is 0 Å². The summed E-state index contributed by atoms with van der Waals surface area (Å²) in [5.74, 6) is 3.54. The van der Waals surface area contributed by atoms with E-state index in [0.29, 0.717) is 10.8 Å². The van der Waals surface area contributed by atoms with Gasteiger partial charge in [0.15, 0.2) is 0 Å². The van der Waals surface area contributed by atoms with E-state index in [1.807, 2.05) is 0 Å². The molecule has 0 heterocycles. The second-order valence-corrected chi connectivity index (χ2v) is 9.96. The first-order valence-electron chi connectivity index (χ1n) is 10.7. The van der Waals surface area contributed by atoms with E-state index in [9.17, 15) is 4.79 Å². The van der Waals surface area contributed by atoms with E-state index in [1.54, 1.807) is 12.5 Å². The van der Waals surface area contributed by atoms with Gasteiger partial charge in [-0.2, -0.15) is 0 Å². The molecule has 3 saturated carbocycles. The third kappa shape index (κ3) is 2.61. The standard InChI is InChI=1S/C23H36O2/c1-5-16-7-9-20-19-8-6-17-14-18(25-15(2)24)10-12-23(17,4)21(19)11-13-22(16,20)3/h6,16,18-21H,5,7-14H2,1-4H3/t16-,18?,19-,20-,21-,22+,23-/m0/s1. The van der Waals surface area contributed by atoms with Crippen LogP contribution in [0.5, 0.6) is 0 Å². The second-order valence-electron chi connectivity index (χ2n) is 9.96. The van der Waals surface area contributed by atoms with Crippen molar-refractivity contribution < 1.29 is 9.53 Å². The number of allylic oxidation sites excluding steroid dienone is 1. The maximum absolute atomic E-state index is 11.4. The minimum atomic E-state index is -0.118. The van der Waals surface area contributed by atoms with Crippen LogP contribution < -0.4 is 0 Å². The fourth-order valence-corrected chi connectivity index (χ4v) is 7.74. The monoisotopic (exact) mass is 344 g/mol. The number of carbonyl (C=O) groups excluding carboxylic acids is 1. The lowest BCUT2D eigenvalue weighted by atomic mass is 9.47. The Morgan fingerprint density at radius 3 is 2.68 bits per heavy atom. The van der Waals surface area contributed by atoms with Crippen LogP contribution in [0.25, 0.3) is 0 Å². The van der Waals surface area contributed by atoms with Crippen LogP contribution in [-0.2, 0) is 9.53 Å². The number of ether oxygens (including phenoxy) is 1. The van der Waals surface area contributed by atoms with Gasteiger partial charge >= 0.3 is 5.97 Å². The zero-order chi connectivity index (χ0) is 17.8. The molecule has 3 fully saturated rings. The first kappa shape index (κ1) is 17.6. The van der Waals surface area contributed by atoms with Crippen LogP contribution in [0.3, 0.4) is 0 Å². The Balaban J connectivity index is 1.58. The van der Waals surface area contributed by atoms with Gasteiger partial charge in [-0.1, -0.05) is 38.8 Å². The molecule has 2 heteroatoms. The van der Waals surface area contributed by atoms with E-state index in [-0.39, 0.29) is 12.1 Å². The molecule has 7 atom stereocenters. The van der Waals surface area contributed by atoms with Gasteiger partial charge < -0.3 is 4.74 Å². The molecule has 0 aromatic rings. The molecule has 0 amide bonds. The first-order chi connectivity index (χ1) is 11.9. The summed E-state index contributed by atoms with van der Waals surface area (Å²) in [5, 5.41) is 0. The molecule has 1 unspecified atom stereocenters. The van der Waals surface area contributed by atoms with E-state index >= 15 is 0 Å². The van der Waals surface area contributed by atoms with E-state index in [1.165, 1.54) is 44.9 Å². The number of fused-ring (bicyclic) bond motifs is 5. The molecule has 0 aliphatic heterocycles. The van der Waals surface area contributed by atoms with Gasteiger partial charge in [0, 0.05) is 13.3 Å². The number of esters is 1. The molecule has 4 aliphatic rings. The first-order valence-corrected chi connectivity index (χ1v) is 10.7. The van der Waals surface area contributed by atoms with Crippen LogP contribution in [0, 0.1) is 34.5 Å². The van der Waals surface area contributed by atoms with Crippen LogP contribution in [0.4, 0.5) is 0 Å². The predicted molar refractivity (Wildman–Crippen MR) is 101 cm³/mol. The van der Waals surface area contributed by atoms with Crippen LogP contribution in [0.15, 0.2) is 11.6 Å². The Kier molecular flexibility index (Phi) is 4.32. The van der Waals surface area contributed by atoms with Crippen molar-refractivity contribution in [2.45, 2.75) is 91.6 Å². The molecule has 0 aromatic carbocycles. The van der Waals surface area contributed by atoms with Gasteiger partial charge in [0.05, 0.1) is 0 Å². The largest absolute Gasteiger partial charge is 0.462 e. The summed E-state index contributed by atoms with van der Waals surface area (Å²) in [4.78, 5) is 11.4. The van der Waals surface area contributed by atoms with Gasteiger partial charge in [0.2, 0.25) is 0 Å². The molecule has 0 bridgehead atoms. The summed E-state index contributed by atoms with van der Waals surface area (Å²) >= 11 is 0. The van der Waals surface area contributed by atoms with Crippen LogP contribution >= 0.6 is 0 Å². The Labute approximate surface area is 153 Å². The van der Waals surface area contributed by atoms with E-state index in [2.05, 4.69) is 26.8 Å². The Morgan fingerprint density at radius 2 is 1.96 bits per heavy atom. The molecule has 25 heavy (non-hydrogen) atoms. The topological polar surface area (TPSA) is 26.3 Å². The van der Waals surface area contributed by atoms with Gasteiger partial charge in [-0.05, 0) is 79.4 Å². The summed E-state index contributed by atoms with van der Waals surface area (Å²) in [6, 6.07) is 0. The smallest absolute Gasteiger partial charge is 0.302 e. The lowest BCUT2D eigenvalue weighted by molar-refractivity contribution is -0.148. The highest BCUT2D eigenvalue weighted by molar-refractivity contribution is 5.66. The maximum atomic E-state index is 11.4. The highest BCUT2D eigenvalue weighted by atomic mass is 16.5. The Morgan fingerprint density at radius 1 is 1.16 bits per heavy atom. The highest BCUT2D eigenvalue weighted by Gasteiger charge is 2.58. The van der Waals surface area contributed by atoms with Gasteiger partial charge in [-0.3, -0.25) is 4.79 Å². The number of hydrogen-bond donors (Lipinski definition) is 0. The second kappa shape index (κ2) is 6.13. The molecule has 4 rings (SSSR count). The van der Waals surface area contributed by atoms with Gasteiger partial charge in [0.1, 0.15) is 6.10 Å². The van der Waals surface area contributed by atoms with E-state index < -0.39 is 0 Å². The Bertz CT molecular complexity index is 579. The van der Waals surface area contributed by atoms with E-state index in [4.69, 9.17) is 4.74 Å². The van der Waals surface area contributed by atoms with Crippen molar-refractivity contribution in [2.75, 3.05) is 0 Å². The fraction of sp³-hybridized carbons (Fsp3) is 0.870. The van der Waals surface area contributed by atoms with Crippen molar-refractivity contribution in [3.63, 3.8) is 0 Å². The van der Waals surface area contributed by atoms with Crippen molar-refractivity contribution in [3.05, 3.63) is 11.6 Å². The van der Waals surface area contributed by atoms with Crippen molar-refractivity contribution in [3.8, 4) is 0 Å². The van der Waals surface area contributed by atoms with Gasteiger partial charge in [-0.25, -0.2) is 0 Å². The highest BCUT2D eigenvalue weighted by Crippen LogP contribution is 2.66. The average molecular weight is 345 g/mol. The lowest BCUT2D eigenvalue weighted by Crippen LogP contribution is -2.50. The number of carbonyl (C=O) groups is 1. The summed E-state index contributed by atoms with van der Waals surface area (Å²) in [6.07, 6.45) is 14.4. The maximum Gasteiger partial charge on any atom is 0.302 e. The molecular formula is C23H36O2. The summed E-state index contributed by atoms with van der Waals surface area (Å²) in [6.45, 7) is 9.11. The molecule has 140 valence electrons. The lowest BCUT2D eigenvalue weighted by Gasteiger charge is -2.58. The van der Waals surface area contributed by atoms with Gasteiger partial charge in [-0.15, -0.1) is 0 Å². The molecule has 0 saturated heterocycles. The van der Waals surface area contributed by atoms with Crippen molar-refractivity contribution >= 4 is 5.97 Å². The summed E-state index contributed by atoms with van der Waals surface area (Å²) < 4.78 is 5.56. The van der Waals surface area contributed by atoms with E-state index in [0.717, 1.165) is 36.5 Å². The third-order valence-electron chi connectivity index (χ3n) is 9.08. The molecule has 0 radical (unpaired) electrons. The minimum absolute atomic E-state index is 0.118. The van der Waals surface area contributed by atoms with Crippen LogP contribution in [0.2, 0.25) is 0 Å². The van der Waals surface area contributed by atoms with Crippen LogP contribution in [-0.4, -0.2) is 12.1 Å². The third-order valence-corrected chi connectivity index (χ3v) is 9.08. The molecular weight excluding hydrogens is 308 g/mol. The number of rotatable bonds is 2. The predicted octanol–water partition coefficient (Wildman–Crippen LogP) is 5.91. The molecule has 4 aliphatic carbocycles. The normalized spacial score (nSPS) is 48.8. The molecule has 0 N–H and O–H groups in total. The average Bonchev–Trinajstić information content (AvgIpc) is 2.91. The molecule has 0 aromatic heterocycles. The van der Waals surface area contributed by atoms with Crippen molar-refractivity contribution in [2.24, 2.45) is 34.5 Å².